The summed E-state index contributed by atoms with van der Waals surface area (Å²) in [7, 11) is 3.12. The van der Waals surface area contributed by atoms with Crippen molar-refractivity contribution < 1.29 is 14.3 Å². The normalized spacial score (nSPS) is 10.5. The molecule has 0 aliphatic carbocycles. The summed E-state index contributed by atoms with van der Waals surface area (Å²) < 4.78 is 12.2. The molecule has 1 amide bonds. The van der Waals surface area contributed by atoms with E-state index in [2.05, 4.69) is 10.3 Å². The third kappa shape index (κ3) is 2.58. The van der Waals surface area contributed by atoms with Crippen LogP contribution in [0.4, 0.5) is 5.69 Å². The van der Waals surface area contributed by atoms with Gasteiger partial charge in [0.1, 0.15) is 17.1 Å². The summed E-state index contributed by atoms with van der Waals surface area (Å²) in [5.74, 6) is 0.973. The quantitative estimate of drug-likeness (QED) is 0.804. The Morgan fingerprint density at radius 1 is 1.18 bits per heavy atom. The van der Waals surface area contributed by atoms with E-state index in [9.17, 15) is 4.79 Å². The number of benzene rings is 1. The predicted octanol–water partition coefficient (Wildman–Crippen LogP) is 2.60. The lowest BCUT2D eigenvalue weighted by molar-refractivity contribution is 0.102. The largest absolute Gasteiger partial charge is 0.497 e. The highest BCUT2D eigenvalue weighted by Gasteiger charge is 2.11. The number of pyridine rings is 1. The van der Waals surface area contributed by atoms with E-state index in [1.165, 1.54) is 0 Å². The minimum absolute atomic E-state index is 0.234. The van der Waals surface area contributed by atoms with Crippen molar-refractivity contribution in [3.05, 3.63) is 54.5 Å². The first-order valence-corrected chi connectivity index (χ1v) is 6.67. The number of nitrogens with zero attached hydrogens (tertiary/aromatic N) is 2. The fourth-order valence-electron chi connectivity index (χ4n) is 2.16. The lowest BCUT2D eigenvalue weighted by Crippen LogP contribution is -2.13. The zero-order chi connectivity index (χ0) is 15.5. The molecule has 1 N–H and O–H groups in total. The van der Waals surface area contributed by atoms with Crippen LogP contribution in [0.1, 0.15) is 10.4 Å². The van der Waals surface area contributed by atoms with Gasteiger partial charge >= 0.3 is 0 Å². The first-order chi connectivity index (χ1) is 10.7. The Morgan fingerprint density at radius 2 is 2.05 bits per heavy atom. The average Bonchev–Trinajstić information content (AvgIpc) is 3.02. The number of fused-ring (bicyclic) bond motifs is 1. The number of methoxy groups -OCH3 is 2. The van der Waals surface area contributed by atoms with Gasteiger partial charge in [0.15, 0.2) is 0 Å². The van der Waals surface area contributed by atoms with Crippen LogP contribution in [-0.4, -0.2) is 29.5 Å². The van der Waals surface area contributed by atoms with Crippen molar-refractivity contribution in [1.82, 2.24) is 9.38 Å². The molecule has 0 aliphatic rings. The molecule has 0 saturated heterocycles. The first kappa shape index (κ1) is 13.9. The highest BCUT2D eigenvalue weighted by atomic mass is 16.5. The number of carbonyl (C=O) groups is 1. The van der Waals surface area contributed by atoms with Gasteiger partial charge in [0.25, 0.3) is 5.91 Å². The number of aromatic nitrogens is 2. The Balaban J connectivity index is 1.89. The van der Waals surface area contributed by atoms with Crippen molar-refractivity contribution >= 4 is 17.2 Å². The van der Waals surface area contributed by atoms with Gasteiger partial charge < -0.3 is 19.2 Å². The number of amides is 1. The van der Waals surface area contributed by atoms with Gasteiger partial charge in [-0.3, -0.25) is 4.79 Å². The fourth-order valence-corrected chi connectivity index (χ4v) is 2.16. The molecule has 0 atom stereocenters. The molecule has 0 spiro atoms. The zero-order valence-corrected chi connectivity index (χ0v) is 12.2. The topological polar surface area (TPSA) is 64.9 Å². The van der Waals surface area contributed by atoms with E-state index in [0.717, 1.165) is 5.65 Å². The molecule has 6 nitrogen and oxygen atoms in total. The Hall–Kier alpha value is -3.02. The second kappa shape index (κ2) is 5.77. The summed E-state index contributed by atoms with van der Waals surface area (Å²) in [6, 6.07) is 8.74. The smallest absolute Gasteiger partial charge is 0.257 e. The van der Waals surface area contributed by atoms with Crippen LogP contribution in [0.5, 0.6) is 11.5 Å². The second-order valence-corrected chi connectivity index (χ2v) is 4.63. The van der Waals surface area contributed by atoms with Gasteiger partial charge in [0, 0.05) is 24.7 Å². The maximum Gasteiger partial charge on any atom is 0.257 e. The van der Waals surface area contributed by atoms with Crippen molar-refractivity contribution in [3.63, 3.8) is 0 Å². The lowest BCUT2D eigenvalue weighted by atomic mass is 10.2. The molecule has 3 aromatic rings. The minimum atomic E-state index is -0.234. The Labute approximate surface area is 127 Å². The second-order valence-electron chi connectivity index (χ2n) is 4.63. The van der Waals surface area contributed by atoms with Gasteiger partial charge in [0.05, 0.1) is 25.5 Å². The Kier molecular flexibility index (Phi) is 3.65. The van der Waals surface area contributed by atoms with Crippen molar-refractivity contribution in [3.8, 4) is 11.5 Å². The number of nitrogens with one attached hydrogen (secondary N) is 1. The molecule has 2 heterocycles. The van der Waals surface area contributed by atoms with E-state index < -0.39 is 0 Å². The van der Waals surface area contributed by atoms with Crippen LogP contribution >= 0.6 is 0 Å². The first-order valence-electron chi connectivity index (χ1n) is 6.67. The molecule has 112 valence electrons. The van der Waals surface area contributed by atoms with Crippen LogP contribution in [0.2, 0.25) is 0 Å². The maximum absolute atomic E-state index is 12.4. The van der Waals surface area contributed by atoms with Crippen molar-refractivity contribution in [2.45, 2.75) is 0 Å². The summed E-state index contributed by atoms with van der Waals surface area (Å²) >= 11 is 0. The zero-order valence-electron chi connectivity index (χ0n) is 12.2. The molecule has 0 saturated carbocycles. The van der Waals surface area contributed by atoms with Gasteiger partial charge in [-0.25, -0.2) is 4.98 Å². The maximum atomic E-state index is 12.4. The van der Waals surface area contributed by atoms with E-state index >= 15 is 0 Å². The third-order valence-electron chi connectivity index (χ3n) is 3.31. The SMILES string of the molecule is COc1ccc(OC)c(NC(=O)c2ccc3nccn3c2)c1. The molecule has 0 fully saturated rings. The highest BCUT2D eigenvalue weighted by Crippen LogP contribution is 2.29. The monoisotopic (exact) mass is 297 g/mol. The molecular weight excluding hydrogens is 282 g/mol. The predicted molar refractivity (Wildman–Crippen MR) is 82.7 cm³/mol. The van der Waals surface area contributed by atoms with E-state index in [1.54, 1.807) is 67.5 Å². The Morgan fingerprint density at radius 3 is 2.82 bits per heavy atom. The summed E-state index contributed by atoms with van der Waals surface area (Å²) in [6.45, 7) is 0. The molecule has 2 aromatic heterocycles. The van der Waals surface area contributed by atoms with Crippen LogP contribution < -0.4 is 14.8 Å². The summed E-state index contributed by atoms with van der Waals surface area (Å²) in [4.78, 5) is 16.6. The minimum Gasteiger partial charge on any atom is -0.497 e. The van der Waals surface area contributed by atoms with Gasteiger partial charge in [-0.1, -0.05) is 0 Å². The summed E-state index contributed by atoms with van der Waals surface area (Å²) in [6.07, 6.45) is 5.20. The van der Waals surface area contributed by atoms with E-state index in [1.807, 2.05) is 0 Å². The molecule has 0 radical (unpaired) electrons. The molecule has 22 heavy (non-hydrogen) atoms. The van der Waals surface area contributed by atoms with Gasteiger partial charge in [-0.05, 0) is 24.3 Å². The number of hydrogen-bond donors (Lipinski definition) is 1. The molecule has 6 heteroatoms. The molecule has 0 unspecified atom stereocenters. The van der Waals surface area contributed by atoms with Crippen LogP contribution in [0.15, 0.2) is 48.9 Å². The summed E-state index contributed by atoms with van der Waals surface area (Å²) in [5.41, 5.74) is 1.86. The molecule has 1 aromatic carbocycles. The van der Waals surface area contributed by atoms with E-state index in [4.69, 9.17) is 9.47 Å². The van der Waals surface area contributed by atoms with E-state index in [-0.39, 0.29) is 5.91 Å². The number of imidazole rings is 1. The van der Waals surface area contributed by atoms with Crippen LogP contribution in [-0.2, 0) is 0 Å². The standard InChI is InChI=1S/C16H15N3O3/c1-21-12-4-5-14(22-2)13(9-12)18-16(20)11-3-6-15-17-7-8-19(15)10-11/h3-10H,1-2H3,(H,18,20). The van der Waals surface area contributed by atoms with Crippen LogP contribution in [0, 0.1) is 0 Å². The number of ether oxygens (including phenoxy) is 2. The molecular formula is C16H15N3O3. The number of rotatable bonds is 4. The number of anilines is 1. The molecule has 3 rings (SSSR count). The van der Waals surface area contributed by atoms with Gasteiger partial charge in [0.2, 0.25) is 0 Å². The third-order valence-corrected chi connectivity index (χ3v) is 3.31. The van der Waals surface area contributed by atoms with Gasteiger partial charge in [-0.15, -0.1) is 0 Å². The Bertz CT molecular complexity index is 826. The van der Waals surface area contributed by atoms with Gasteiger partial charge in [-0.2, -0.15) is 0 Å². The highest BCUT2D eigenvalue weighted by molar-refractivity contribution is 6.05. The number of hydrogen-bond acceptors (Lipinski definition) is 4. The molecule has 0 aliphatic heterocycles. The van der Waals surface area contributed by atoms with Crippen molar-refractivity contribution in [2.75, 3.05) is 19.5 Å². The molecule has 0 bridgehead atoms. The number of carbonyl (C=O) groups excluding carboxylic acids is 1. The van der Waals surface area contributed by atoms with Crippen LogP contribution in [0.25, 0.3) is 5.65 Å². The van der Waals surface area contributed by atoms with Crippen molar-refractivity contribution in [2.24, 2.45) is 0 Å². The summed E-state index contributed by atoms with van der Waals surface area (Å²) in [5, 5.41) is 2.83. The van der Waals surface area contributed by atoms with Crippen molar-refractivity contribution in [1.29, 1.82) is 0 Å². The fraction of sp³-hybridized carbons (Fsp3) is 0.125. The van der Waals surface area contributed by atoms with E-state index in [0.29, 0.717) is 22.7 Å². The average molecular weight is 297 g/mol. The van der Waals surface area contributed by atoms with Crippen LogP contribution in [0.3, 0.4) is 0 Å². The lowest BCUT2D eigenvalue weighted by Gasteiger charge is -2.12.